The Balaban J connectivity index is 1.95. The molecule has 3 rings (SSSR count). The second kappa shape index (κ2) is 9.36. The van der Waals surface area contributed by atoms with Crippen molar-refractivity contribution in [3.63, 3.8) is 0 Å². The molecule has 0 spiro atoms. The molecule has 9 heteroatoms. The van der Waals surface area contributed by atoms with Crippen LogP contribution in [0, 0.1) is 0 Å². The highest BCUT2D eigenvalue weighted by Gasteiger charge is 2.45. The van der Waals surface area contributed by atoms with Gasteiger partial charge in [0, 0.05) is 12.6 Å². The summed E-state index contributed by atoms with van der Waals surface area (Å²) in [5.41, 5.74) is 0.206. The number of piperidine rings is 1. The zero-order valence-electron chi connectivity index (χ0n) is 17.1. The number of amides is 2. The molecule has 2 atom stereocenters. The van der Waals surface area contributed by atoms with Crippen LogP contribution in [-0.2, 0) is 19.1 Å². The van der Waals surface area contributed by atoms with Gasteiger partial charge in [0.1, 0.15) is 0 Å². The number of esters is 2. The van der Waals surface area contributed by atoms with E-state index in [0.29, 0.717) is 13.0 Å². The van der Waals surface area contributed by atoms with Crippen molar-refractivity contribution in [2.24, 2.45) is 0 Å². The summed E-state index contributed by atoms with van der Waals surface area (Å²) in [6.45, 7) is 0.696. The maximum Gasteiger partial charge on any atom is 0.337 e. The number of likely N-dealkylation sites (tertiary alicyclic amines) is 1. The molecule has 2 heterocycles. The summed E-state index contributed by atoms with van der Waals surface area (Å²) in [5, 5.41) is 9.36. The Morgan fingerprint density at radius 3 is 2.27 bits per heavy atom. The number of ether oxygens (including phenoxy) is 2. The number of nitrogens with zero attached hydrogens (tertiary/aromatic N) is 2. The van der Waals surface area contributed by atoms with E-state index in [9.17, 15) is 24.3 Å². The largest absolute Gasteiger partial charge is 0.465 e. The molecular weight excluding hydrogens is 392 g/mol. The Morgan fingerprint density at radius 2 is 1.70 bits per heavy atom. The maximum absolute atomic E-state index is 13.2. The standard InChI is InChI=1S/C21H26N2O7/c1-29-20(27)13-9-14(21(28)30-2)11-16(10-13)23-18(25)12-17(19(23)26)22-7-4-3-5-15(22)6-8-24/h9-11,15,17,24H,3-8,12H2,1-2H3. The maximum atomic E-state index is 13.2. The first-order valence-electron chi connectivity index (χ1n) is 9.96. The van der Waals surface area contributed by atoms with Gasteiger partial charge in [-0.05, 0) is 44.0 Å². The zero-order valence-corrected chi connectivity index (χ0v) is 17.1. The number of hydrogen-bond donors (Lipinski definition) is 1. The molecule has 162 valence electrons. The van der Waals surface area contributed by atoms with Crippen LogP contribution in [0.4, 0.5) is 5.69 Å². The van der Waals surface area contributed by atoms with Gasteiger partial charge in [0.15, 0.2) is 0 Å². The van der Waals surface area contributed by atoms with Gasteiger partial charge < -0.3 is 14.6 Å². The summed E-state index contributed by atoms with van der Waals surface area (Å²) in [7, 11) is 2.40. The summed E-state index contributed by atoms with van der Waals surface area (Å²) < 4.78 is 9.44. The quantitative estimate of drug-likeness (QED) is 0.540. The minimum Gasteiger partial charge on any atom is -0.465 e. The van der Waals surface area contributed by atoms with Crippen LogP contribution in [-0.4, -0.2) is 73.2 Å². The molecule has 30 heavy (non-hydrogen) atoms. The molecule has 0 aromatic heterocycles. The van der Waals surface area contributed by atoms with Crippen molar-refractivity contribution in [2.75, 3.05) is 32.3 Å². The second-order valence-electron chi connectivity index (χ2n) is 7.44. The number of carbonyl (C=O) groups excluding carboxylic acids is 4. The number of aliphatic hydroxyl groups is 1. The lowest BCUT2D eigenvalue weighted by molar-refractivity contribution is -0.124. The molecule has 0 bridgehead atoms. The van der Waals surface area contributed by atoms with Crippen LogP contribution in [0.3, 0.4) is 0 Å². The molecule has 2 aliphatic rings. The predicted molar refractivity (Wildman–Crippen MR) is 106 cm³/mol. The molecule has 1 aromatic rings. The first-order valence-corrected chi connectivity index (χ1v) is 9.96. The molecule has 2 amide bonds. The van der Waals surface area contributed by atoms with Crippen molar-refractivity contribution in [1.82, 2.24) is 4.90 Å². The zero-order chi connectivity index (χ0) is 21.8. The van der Waals surface area contributed by atoms with Crippen molar-refractivity contribution < 1.29 is 33.8 Å². The van der Waals surface area contributed by atoms with Crippen molar-refractivity contribution in [1.29, 1.82) is 0 Å². The third-order valence-corrected chi connectivity index (χ3v) is 5.68. The topological polar surface area (TPSA) is 113 Å². The fourth-order valence-corrected chi connectivity index (χ4v) is 4.25. The highest BCUT2D eigenvalue weighted by molar-refractivity contribution is 6.23. The summed E-state index contributed by atoms with van der Waals surface area (Å²) in [6.07, 6.45) is 3.36. The van der Waals surface area contributed by atoms with Crippen LogP contribution < -0.4 is 4.90 Å². The highest BCUT2D eigenvalue weighted by atomic mass is 16.5. The Bertz CT molecular complexity index is 818. The van der Waals surface area contributed by atoms with E-state index in [1.54, 1.807) is 0 Å². The van der Waals surface area contributed by atoms with E-state index in [4.69, 9.17) is 9.47 Å². The number of imide groups is 1. The van der Waals surface area contributed by atoms with Crippen LogP contribution in [0.15, 0.2) is 18.2 Å². The molecule has 0 radical (unpaired) electrons. The predicted octanol–water partition coefficient (Wildman–Crippen LogP) is 1.13. The minimum atomic E-state index is -0.698. The lowest BCUT2D eigenvalue weighted by atomic mass is 9.97. The van der Waals surface area contributed by atoms with E-state index in [-0.39, 0.29) is 35.9 Å². The molecule has 2 saturated heterocycles. The van der Waals surface area contributed by atoms with Crippen molar-refractivity contribution >= 4 is 29.4 Å². The third-order valence-electron chi connectivity index (χ3n) is 5.68. The molecule has 0 saturated carbocycles. The monoisotopic (exact) mass is 418 g/mol. The summed E-state index contributed by atoms with van der Waals surface area (Å²) in [4.78, 5) is 53.1. The number of anilines is 1. The van der Waals surface area contributed by atoms with Gasteiger partial charge >= 0.3 is 11.9 Å². The van der Waals surface area contributed by atoms with E-state index in [1.165, 1.54) is 32.4 Å². The molecule has 2 unspecified atom stereocenters. The number of hydrogen-bond acceptors (Lipinski definition) is 8. The van der Waals surface area contributed by atoms with Crippen LogP contribution >= 0.6 is 0 Å². The Labute approximate surface area is 174 Å². The van der Waals surface area contributed by atoms with E-state index >= 15 is 0 Å². The lowest BCUT2D eigenvalue weighted by Gasteiger charge is -2.38. The van der Waals surface area contributed by atoms with E-state index in [2.05, 4.69) is 0 Å². The summed E-state index contributed by atoms with van der Waals surface area (Å²) >= 11 is 0. The second-order valence-corrected chi connectivity index (χ2v) is 7.44. The number of methoxy groups -OCH3 is 2. The van der Waals surface area contributed by atoms with Gasteiger partial charge in [-0.1, -0.05) is 6.42 Å². The highest BCUT2D eigenvalue weighted by Crippen LogP contribution is 2.32. The first-order chi connectivity index (χ1) is 14.4. The van der Waals surface area contributed by atoms with Crippen molar-refractivity contribution in [3.8, 4) is 0 Å². The Morgan fingerprint density at radius 1 is 1.07 bits per heavy atom. The molecule has 1 N–H and O–H groups in total. The number of benzene rings is 1. The summed E-state index contributed by atoms with van der Waals surface area (Å²) in [6, 6.07) is 3.43. The van der Waals surface area contributed by atoms with E-state index < -0.39 is 29.8 Å². The molecule has 2 fully saturated rings. The fourth-order valence-electron chi connectivity index (χ4n) is 4.25. The third kappa shape index (κ3) is 4.22. The van der Waals surface area contributed by atoms with Crippen LogP contribution in [0.5, 0.6) is 0 Å². The molecule has 9 nitrogen and oxygen atoms in total. The van der Waals surface area contributed by atoms with E-state index in [1.807, 2.05) is 4.90 Å². The molecule has 0 aliphatic carbocycles. The van der Waals surface area contributed by atoms with Gasteiger partial charge in [0.05, 0.1) is 43.5 Å². The number of aliphatic hydroxyl groups excluding tert-OH is 1. The van der Waals surface area contributed by atoms with Crippen LogP contribution in [0.25, 0.3) is 0 Å². The average Bonchev–Trinajstić information content (AvgIpc) is 3.06. The SMILES string of the molecule is COC(=O)c1cc(C(=O)OC)cc(N2C(=O)CC(N3CCCCC3CCO)C2=O)c1. The normalized spacial score (nSPS) is 22.3. The number of rotatable bonds is 6. The molecule has 2 aliphatic heterocycles. The lowest BCUT2D eigenvalue weighted by Crippen LogP contribution is -2.50. The minimum absolute atomic E-state index is 0.0107. The van der Waals surface area contributed by atoms with Crippen molar-refractivity contribution in [2.45, 2.75) is 44.2 Å². The fraction of sp³-hybridized carbons (Fsp3) is 0.524. The first kappa shape index (κ1) is 21.9. The van der Waals surface area contributed by atoms with Crippen molar-refractivity contribution in [3.05, 3.63) is 29.3 Å². The average molecular weight is 418 g/mol. The molecular formula is C21H26N2O7. The van der Waals surface area contributed by atoms with Crippen LogP contribution in [0.1, 0.15) is 52.8 Å². The van der Waals surface area contributed by atoms with Gasteiger partial charge in [-0.25, -0.2) is 14.5 Å². The number of carbonyl (C=O) groups is 4. The Hall–Kier alpha value is -2.78. The van der Waals surface area contributed by atoms with Crippen LogP contribution in [0.2, 0.25) is 0 Å². The van der Waals surface area contributed by atoms with Gasteiger partial charge in [0.2, 0.25) is 5.91 Å². The summed E-state index contributed by atoms with van der Waals surface area (Å²) in [5.74, 6) is -2.20. The smallest absolute Gasteiger partial charge is 0.337 e. The molecule has 1 aromatic carbocycles. The Kier molecular flexibility index (Phi) is 6.84. The van der Waals surface area contributed by atoms with Gasteiger partial charge in [-0.2, -0.15) is 0 Å². The van der Waals surface area contributed by atoms with Gasteiger partial charge in [-0.3, -0.25) is 14.5 Å². The van der Waals surface area contributed by atoms with Gasteiger partial charge in [0.25, 0.3) is 5.91 Å². The van der Waals surface area contributed by atoms with Gasteiger partial charge in [-0.15, -0.1) is 0 Å². The van der Waals surface area contributed by atoms with E-state index in [0.717, 1.165) is 24.2 Å².